The number of pyridine rings is 2. The van der Waals surface area contributed by atoms with E-state index in [4.69, 9.17) is 14.4 Å². The number of nitrogens with one attached hydrogen (secondary N) is 1. The van der Waals surface area contributed by atoms with Crippen LogP contribution in [-0.4, -0.2) is 44.5 Å². The lowest BCUT2D eigenvalue weighted by Crippen LogP contribution is -2.54. The van der Waals surface area contributed by atoms with E-state index in [1.807, 2.05) is 24.4 Å². The second-order valence-electron chi connectivity index (χ2n) is 8.10. The Morgan fingerprint density at radius 2 is 1.83 bits per heavy atom. The summed E-state index contributed by atoms with van der Waals surface area (Å²) in [6.45, 7) is 6.35. The van der Waals surface area contributed by atoms with Crippen molar-refractivity contribution in [1.82, 2.24) is 24.7 Å². The van der Waals surface area contributed by atoms with Gasteiger partial charge in [0.25, 0.3) is 0 Å². The van der Waals surface area contributed by atoms with Crippen LogP contribution in [0.4, 0.5) is 5.69 Å². The van der Waals surface area contributed by atoms with Crippen molar-refractivity contribution in [2.24, 2.45) is 0 Å². The molecule has 4 aromatic heterocycles. The molecule has 150 valence electrons. The number of aromatic nitrogens is 4. The smallest absolute Gasteiger partial charge is 0.229 e. The molecule has 30 heavy (non-hydrogen) atoms. The van der Waals surface area contributed by atoms with Crippen molar-refractivity contribution in [3.63, 3.8) is 0 Å². The molecule has 7 heteroatoms. The van der Waals surface area contributed by atoms with Gasteiger partial charge < -0.3 is 14.6 Å². The van der Waals surface area contributed by atoms with Crippen LogP contribution in [0.1, 0.15) is 13.8 Å². The van der Waals surface area contributed by atoms with Crippen LogP contribution in [0.5, 0.6) is 0 Å². The van der Waals surface area contributed by atoms with Crippen LogP contribution in [0.3, 0.4) is 0 Å². The highest BCUT2D eigenvalue weighted by molar-refractivity contribution is 6.00. The Balaban J connectivity index is 1.71. The molecule has 0 amide bonds. The number of oxazole rings is 1. The van der Waals surface area contributed by atoms with E-state index in [9.17, 15) is 0 Å². The molecular formula is C23H22N6O. The molecule has 1 fully saturated rings. The van der Waals surface area contributed by atoms with Crippen molar-refractivity contribution in [1.29, 1.82) is 0 Å². The van der Waals surface area contributed by atoms with E-state index in [2.05, 4.69) is 51.6 Å². The fourth-order valence-electron chi connectivity index (χ4n) is 4.71. The molecule has 1 N–H and O–H groups in total. The van der Waals surface area contributed by atoms with E-state index >= 15 is 0 Å². The third-order valence-corrected chi connectivity index (χ3v) is 5.81. The number of rotatable bonds is 2. The summed E-state index contributed by atoms with van der Waals surface area (Å²) in [7, 11) is 0. The lowest BCUT2D eigenvalue weighted by Gasteiger charge is -2.38. The van der Waals surface area contributed by atoms with Crippen LogP contribution in [-0.2, 0) is 0 Å². The Morgan fingerprint density at radius 1 is 1.00 bits per heavy atom. The van der Waals surface area contributed by atoms with Crippen molar-refractivity contribution in [2.75, 3.05) is 18.0 Å². The van der Waals surface area contributed by atoms with Crippen LogP contribution in [0.2, 0.25) is 0 Å². The van der Waals surface area contributed by atoms with Crippen LogP contribution in [0.25, 0.3) is 39.2 Å². The first kappa shape index (κ1) is 17.4. The maximum atomic E-state index is 5.68. The molecule has 0 radical (unpaired) electrons. The lowest BCUT2D eigenvalue weighted by molar-refractivity contribution is 0.407. The number of hydrogen-bond acceptors (Lipinski definition) is 6. The zero-order valence-corrected chi connectivity index (χ0v) is 16.9. The maximum Gasteiger partial charge on any atom is 0.229 e. The van der Waals surface area contributed by atoms with Crippen molar-refractivity contribution in [3.8, 4) is 11.5 Å². The van der Waals surface area contributed by atoms with Gasteiger partial charge in [-0.05, 0) is 38.1 Å². The van der Waals surface area contributed by atoms with Gasteiger partial charge in [-0.3, -0.25) is 4.40 Å². The van der Waals surface area contributed by atoms with Crippen molar-refractivity contribution >= 4 is 33.4 Å². The number of piperazine rings is 1. The fraction of sp³-hybridized carbons (Fsp3) is 0.261. The van der Waals surface area contributed by atoms with Crippen LogP contribution in [0, 0.1) is 0 Å². The Morgan fingerprint density at radius 3 is 2.63 bits per heavy atom. The predicted octanol–water partition coefficient (Wildman–Crippen LogP) is 3.88. The summed E-state index contributed by atoms with van der Waals surface area (Å²) < 4.78 is 7.81. The number of fused-ring (bicyclic) bond motifs is 5. The van der Waals surface area contributed by atoms with Gasteiger partial charge in [0, 0.05) is 42.4 Å². The Bertz CT molecular complexity index is 1360. The number of anilines is 1. The van der Waals surface area contributed by atoms with Crippen molar-refractivity contribution in [2.45, 2.75) is 25.9 Å². The third-order valence-electron chi connectivity index (χ3n) is 5.81. The van der Waals surface area contributed by atoms with Gasteiger partial charge in [-0.1, -0.05) is 12.1 Å². The van der Waals surface area contributed by atoms with Crippen LogP contribution >= 0.6 is 0 Å². The molecule has 5 aromatic rings. The van der Waals surface area contributed by atoms with E-state index in [0.717, 1.165) is 46.4 Å². The molecule has 0 bridgehead atoms. The van der Waals surface area contributed by atoms with Crippen molar-refractivity contribution < 1.29 is 4.42 Å². The first-order valence-corrected chi connectivity index (χ1v) is 10.3. The molecule has 1 saturated heterocycles. The Hall–Kier alpha value is -3.45. The summed E-state index contributed by atoms with van der Waals surface area (Å²) in [6, 6.07) is 13.2. The summed E-state index contributed by atoms with van der Waals surface area (Å²) in [4.78, 5) is 16.5. The molecular weight excluding hydrogens is 376 g/mol. The van der Waals surface area contributed by atoms with Gasteiger partial charge in [0.1, 0.15) is 11.9 Å². The number of hydrogen-bond donors (Lipinski definition) is 1. The summed E-state index contributed by atoms with van der Waals surface area (Å²) in [5.74, 6) is 0.564. The highest BCUT2D eigenvalue weighted by atomic mass is 16.3. The molecule has 2 unspecified atom stereocenters. The molecule has 0 saturated carbocycles. The molecule has 0 aliphatic carbocycles. The van der Waals surface area contributed by atoms with E-state index in [0.29, 0.717) is 18.0 Å². The van der Waals surface area contributed by atoms with E-state index in [1.54, 1.807) is 12.5 Å². The summed E-state index contributed by atoms with van der Waals surface area (Å²) in [5, 5.41) is 4.68. The van der Waals surface area contributed by atoms with Gasteiger partial charge in [-0.2, -0.15) is 0 Å². The molecule has 0 spiro atoms. The largest absolute Gasteiger partial charge is 0.444 e. The second kappa shape index (κ2) is 6.53. The molecule has 1 aliphatic heterocycles. The normalized spacial score (nSPS) is 19.9. The zero-order chi connectivity index (χ0) is 20.2. The van der Waals surface area contributed by atoms with E-state index < -0.39 is 0 Å². The number of benzene rings is 1. The standard InChI is InChI=1S/C23H22N6O/c1-14-12-28(13-15(2)26-14)19-7-8-24-21-16(19)11-17(23-25-9-10-30-23)22-27-18-5-3-4-6-20(18)29(21)22/h3-11,14-15,26H,12-13H2,1-2H3. The minimum absolute atomic E-state index is 0.418. The molecule has 2 atom stereocenters. The third kappa shape index (κ3) is 2.59. The SMILES string of the molecule is CC1CN(c2ccnc3c2cc(-c2ncco2)c2nc4ccccc4n23)CC(C)N1. The first-order valence-electron chi connectivity index (χ1n) is 10.3. The van der Waals surface area contributed by atoms with Gasteiger partial charge >= 0.3 is 0 Å². The highest BCUT2D eigenvalue weighted by Gasteiger charge is 2.25. The topological polar surface area (TPSA) is 71.5 Å². The second-order valence-corrected chi connectivity index (χ2v) is 8.10. The van der Waals surface area contributed by atoms with E-state index in [1.165, 1.54) is 5.69 Å². The fourth-order valence-corrected chi connectivity index (χ4v) is 4.71. The molecule has 1 aromatic carbocycles. The first-order chi connectivity index (χ1) is 14.7. The number of nitrogens with zero attached hydrogens (tertiary/aromatic N) is 5. The van der Waals surface area contributed by atoms with Crippen molar-refractivity contribution in [3.05, 3.63) is 55.1 Å². The van der Waals surface area contributed by atoms with Gasteiger partial charge in [0.15, 0.2) is 5.65 Å². The highest BCUT2D eigenvalue weighted by Crippen LogP contribution is 2.35. The quantitative estimate of drug-likeness (QED) is 0.487. The van der Waals surface area contributed by atoms with Gasteiger partial charge in [0.2, 0.25) is 5.89 Å². The summed E-state index contributed by atoms with van der Waals surface area (Å²) in [5.41, 5.74) is 5.69. The Labute approximate surface area is 173 Å². The van der Waals surface area contributed by atoms with Gasteiger partial charge in [-0.25, -0.2) is 15.0 Å². The molecule has 1 aliphatic rings. The van der Waals surface area contributed by atoms with Gasteiger partial charge in [0.05, 0.1) is 22.8 Å². The summed E-state index contributed by atoms with van der Waals surface area (Å²) in [6.07, 6.45) is 5.17. The number of imidazole rings is 1. The Kier molecular flexibility index (Phi) is 3.79. The van der Waals surface area contributed by atoms with Gasteiger partial charge in [-0.15, -0.1) is 0 Å². The minimum Gasteiger partial charge on any atom is -0.444 e. The van der Waals surface area contributed by atoms with Crippen LogP contribution in [0.15, 0.2) is 59.5 Å². The minimum atomic E-state index is 0.418. The monoisotopic (exact) mass is 398 g/mol. The molecule has 5 heterocycles. The average molecular weight is 398 g/mol. The number of para-hydroxylation sites is 2. The molecule has 6 rings (SSSR count). The van der Waals surface area contributed by atoms with E-state index in [-0.39, 0.29) is 0 Å². The molecule has 7 nitrogen and oxygen atoms in total. The summed E-state index contributed by atoms with van der Waals surface area (Å²) >= 11 is 0. The average Bonchev–Trinajstić information content (AvgIpc) is 3.40. The maximum absolute atomic E-state index is 5.68. The zero-order valence-electron chi connectivity index (χ0n) is 16.9. The predicted molar refractivity (Wildman–Crippen MR) is 118 cm³/mol. The van der Waals surface area contributed by atoms with Crippen LogP contribution < -0.4 is 10.2 Å². The lowest BCUT2D eigenvalue weighted by atomic mass is 10.1.